The number of amides is 1. The van der Waals surface area contributed by atoms with Gasteiger partial charge >= 0.3 is 0 Å². The van der Waals surface area contributed by atoms with Crippen LogP contribution in [0.2, 0.25) is 0 Å². The minimum Gasteiger partial charge on any atom is -0.484 e. The topological polar surface area (TPSA) is 104 Å². The zero-order chi connectivity index (χ0) is 15.9. The summed E-state index contributed by atoms with van der Waals surface area (Å²) in [6.45, 7) is -0.271. The molecule has 1 amide bonds. The van der Waals surface area contributed by atoms with Crippen molar-refractivity contribution in [3.63, 3.8) is 0 Å². The van der Waals surface area contributed by atoms with Crippen molar-refractivity contribution >= 4 is 17.3 Å². The molecule has 0 aliphatic rings. The fourth-order valence-corrected chi connectivity index (χ4v) is 1.61. The summed E-state index contributed by atoms with van der Waals surface area (Å²) in [5, 5.41) is 13.2. The normalized spacial score (nSPS) is 9.86. The van der Waals surface area contributed by atoms with Crippen molar-refractivity contribution in [3.05, 3.63) is 52.7 Å². The second kappa shape index (κ2) is 7.02. The molecule has 0 aliphatic carbocycles. The minimum absolute atomic E-state index is 0.0998. The first-order valence-corrected chi connectivity index (χ1v) is 6.25. The molecule has 0 radical (unpaired) electrons. The number of nitro benzene ring substituents is 1. The van der Waals surface area contributed by atoms with Crippen LogP contribution in [0.15, 0.2) is 42.6 Å². The van der Waals surface area contributed by atoms with Crippen LogP contribution in [0.3, 0.4) is 0 Å². The number of nitrogens with one attached hydrogen (secondary N) is 1. The molecule has 0 spiro atoms. The first-order valence-electron chi connectivity index (χ1n) is 6.25. The van der Waals surface area contributed by atoms with E-state index < -0.39 is 10.8 Å². The van der Waals surface area contributed by atoms with Crippen LogP contribution in [-0.2, 0) is 4.79 Å². The highest BCUT2D eigenvalue weighted by Crippen LogP contribution is 2.19. The molecule has 0 saturated heterocycles. The molecular weight excluding hydrogens is 290 g/mol. The smallest absolute Gasteiger partial charge is 0.273 e. The molecule has 0 unspecified atom stereocenters. The second-order valence-corrected chi connectivity index (χ2v) is 4.18. The van der Waals surface area contributed by atoms with Gasteiger partial charge in [0.1, 0.15) is 5.75 Å². The van der Waals surface area contributed by atoms with Crippen molar-refractivity contribution in [2.75, 3.05) is 19.0 Å². The molecule has 1 heterocycles. The summed E-state index contributed by atoms with van der Waals surface area (Å²) >= 11 is 0. The lowest BCUT2D eigenvalue weighted by Crippen LogP contribution is -2.20. The number of benzene rings is 1. The van der Waals surface area contributed by atoms with Gasteiger partial charge in [0.05, 0.1) is 30.0 Å². The average Bonchev–Trinajstić information content (AvgIpc) is 2.54. The van der Waals surface area contributed by atoms with Gasteiger partial charge in [-0.3, -0.25) is 14.9 Å². The Morgan fingerprint density at radius 1 is 1.36 bits per heavy atom. The molecule has 1 N–H and O–H groups in total. The van der Waals surface area contributed by atoms with Crippen molar-refractivity contribution < 1.29 is 19.2 Å². The van der Waals surface area contributed by atoms with E-state index in [1.54, 1.807) is 12.1 Å². The van der Waals surface area contributed by atoms with Gasteiger partial charge in [0.15, 0.2) is 6.61 Å². The molecule has 0 bridgehead atoms. The summed E-state index contributed by atoms with van der Waals surface area (Å²) in [7, 11) is 1.49. The number of pyridine rings is 1. The Balaban J connectivity index is 1.89. The molecule has 2 rings (SSSR count). The van der Waals surface area contributed by atoms with Crippen molar-refractivity contribution in [1.29, 1.82) is 0 Å². The van der Waals surface area contributed by atoms with Crippen LogP contribution < -0.4 is 14.8 Å². The van der Waals surface area contributed by atoms with Gasteiger partial charge in [-0.1, -0.05) is 6.07 Å². The molecule has 0 saturated carbocycles. The fourth-order valence-electron chi connectivity index (χ4n) is 1.61. The average molecular weight is 303 g/mol. The van der Waals surface area contributed by atoms with E-state index in [-0.39, 0.29) is 18.0 Å². The second-order valence-electron chi connectivity index (χ2n) is 4.18. The van der Waals surface area contributed by atoms with Gasteiger partial charge in [0, 0.05) is 12.1 Å². The molecule has 0 aliphatic heterocycles. The number of non-ortho nitro benzene ring substituents is 1. The van der Waals surface area contributed by atoms with E-state index in [0.717, 1.165) is 0 Å². The molecule has 1 aromatic heterocycles. The van der Waals surface area contributed by atoms with Crippen LogP contribution in [0.25, 0.3) is 0 Å². The van der Waals surface area contributed by atoms with Crippen LogP contribution >= 0.6 is 0 Å². The Kier molecular flexibility index (Phi) is 4.86. The van der Waals surface area contributed by atoms with Crippen molar-refractivity contribution in [1.82, 2.24) is 4.98 Å². The number of carbonyl (C=O) groups is 1. The van der Waals surface area contributed by atoms with Gasteiger partial charge < -0.3 is 14.8 Å². The van der Waals surface area contributed by atoms with Crippen LogP contribution in [0.1, 0.15) is 0 Å². The predicted molar refractivity (Wildman–Crippen MR) is 78.0 cm³/mol. The molecule has 0 atom stereocenters. The summed E-state index contributed by atoms with van der Waals surface area (Å²) in [4.78, 5) is 25.8. The van der Waals surface area contributed by atoms with E-state index in [2.05, 4.69) is 10.3 Å². The zero-order valence-electron chi connectivity index (χ0n) is 11.7. The number of carbonyl (C=O) groups excluding carboxylic acids is 1. The van der Waals surface area contributed by atoms with Gasteiger partial charge in [-0.05, 0) is 12.1 Å². The molecule has 8 heteroatoms. The fraction of sp³-hybridized carbons (Fsp3) is 0.143. The maximum atomic E-state index is 11.7. The predicted octanol–water partition coefficient (Wildman–Crippen LogP) is 2.02. The number of anilines is 1. The van der Waals surface area contributed by atoms with E-state index in [4.69, 9.17) is 9.47 Å². The van der Waals surface area contributed by atoms with Gasteiger partial charge in [-0.15, -0.1) is 0 Å². The molecule has 8 nitrogen and oxygen atoms in total. The van der Waals surface area contributed by atoms with Crippen LogP contribution in [0.4, 0.5) is 11.4 Å². The van der Waals surface area contributed by atoms with Crippen LogP contribution in [0, 0.1) is 10.1 Å². The Morgan fingerprint density at radius 2 is 2.18 bits per heavy atom. The number of aromatic nitrogens is 1. The summed E-state index contributed by atoms with van der Waals surface area (Å²) < 4.78 is 10.1. The Hall–Kier alpha value is -3.16. The molecule has 1 aromatic carbocycles. The lowest BCUT2D eigenvalue weighted by Gasteiger charge is -2.07. The lowest BCUT2D eigenvalue weighted by molar-refractivity contribution is -0.384. The Labute approximate surface area is 125 Å². The maximum Gasteiger partial charge on any atom is 0.273 e. The van der Waals surface area contributed by atoms with Crippen molar-refractivity contribution in [2.45, 2.75) is 0 Å². The number of nitro groups is 1. The van der Waals surface area contributed by atoms with E-state index in [9.17, 15) is 14.9 Å². The Morgan fingerprint density at radius 3 is 2.82 bits per heavy atom. The number of hydrogen-bond donors (Lipinski definition) is 1. The van der Waals surface area contributed by atoms with E-state index in [1.165, 1.54) is 37.6 Å². The minimum atomic E-state index is -0.532. The standard InChI is InChI=1S/C14H13N3O5/c1-21-14-6-5-10(8-15-14)16-13(18)9-22-12-4-2-3-11(7-12)17(19)20/h2-8H,9H2,1H3,(H,16,18). The molecular formula is C14H13N3O5. The number of methoxy groups -OCH3 is 1. The monoisotopic (exact) mass is 303 g/mol. The largest absolute Gasteiger partial charge is 0.484 e. The highest BCUT2D eigenvalue weighted by Gasteiger charge is 2.08. The molecule has 22 heavy (non-hydrogen) atoms. The maximum absolute atomic E-state index is 11.7. The summed E-state index contributed by atoms with van der Waals surface area (Å²) in [6.07, 6.45) is 1.45. The van der Waals surface area contributed by atoms with Gasteiger partial charge in [-0.2, -0.15) is 0 Å². The van der Waals surface area contributed by atoms with Crippen molar-refractivity contribution in [2.24, 2.45) is 0 Å². The van der Waals surface area contributed by atoms with Gasteiger partial charge in [0.2, 0.25) is 5.88 Å². The lowest BCUT2D eigenvalue weighted by atomic mass is 10.3. The first-order chi connectivity index (χ1) is 10.6. The third-order valence-electron chi connectivity index (χ3n) is 2.63. The number of hydrogen-bond acceptors (Lipinski definition) is 6. The summed E-state index contributed by atoms with van der Waals surface area (Å²) in [5.74, 6) is 0.279. The summed E-state index contributed by atoms with van der Waals surface area (Å²) in [5.41, 5.74) is 0.394. The van der Waals surface area contributed by atoms with Crippen LogP contribution in [-0.4, -0.2) is 29.5 Å². The SMILES string of the molecule is COc1ccc(NC(=O)COc2cccc([N+](=O)[O-])c2)cn1. The summed E-state index contributed by atoms with van der Waals surface area (Å²) in [6, 6.07) is 8.86. The van der Waals surface area contributed by atoms with E-state index in [1.807, 2.05) is 0 Å². The molecule has 0 fully saturated rings. The quantitative estimate of drug-likeness (QED) is 0.646. The Bertz CT molecular complexity index is 672. The number of rotatable bonds is 6. The third kappa shape index (κ3) is 4.17. The van der Waals surface area contributed by atoms with E-state index in [0.29, 0.717) is 11.6 Å². The van der Waals surface area contributed by atoms with Crippen LogP contribution in [0.5, 0.6) is 11.6 Å². The molecule has 2 aromatic rings. The zero-order valence-corrected chi connectivity index (χ0v) is 11.7. The van der Waals surface area contributed by atoms with Crippen molar-refractivity contribution in [3.8, 4) is 11.6 Å². The van der Waals surface area contributed by atoms with E-state index >= 15 is 0 Å². The number of ether oxygens (including phenoxy) is 2. The van der Waals surface area contributed by atoms with Gasteiger partial charge in [0.25, 0.3) is 11.6 Å². The third-order valence-corrected chi connectivity index (χ3v) is 2.63. The highest BCUT2D eigenvalue weighted by atomic mass is 16.6. The van der Waals surface area contributed by atoms with Gasteiger partial charge in [-0.25, -0.2) is 4.98 Å². The first kappa shape index (κ1) is 15.2. The number of nitrogens with zero attached hydrogens (tertiary/aromatic N) is 2. The highest BCUT2D eigenvalue weighted by molar-refractivity contribution is 5.91. The molecule has 114 valence electrons.